The van der Waals surface area contributed by atoms with Gasteiger partial charge >= 0.3 is 0 Å². The summed E-state index contributed by atoms with van der Waals surface area (Å²) in [5.41, 5.74) is 7.14. The highest BCUT2D eigenvalue weighted by Crippen LogP contribution is 2.34. The van der Waals surface area contributed by atoms with Gasteiger partial charge in [-0.2, -0.15) is 0 Å². The average molecular weight is 363 g/mol. The summed E-state index contributed by atoms with van der Waals surface area (Å²) in [6, 6.07) is 5.62. The first kappa shape index (κ1) is 13.5. The van der Waals surface area contributed by atoms with Gasteiger partial charge in [-0.1, -0.05) is 18.9 Å². The molecule has 1 aromatic rings. The first-order chi connectivity index (χ1) is 8.09. The van der Waals surface area contributed by atoms with E-state index < -0.39 is 6.10 Å². The molecule has 0 unspecified atom stereocenters. The molecule has 0 spiro atoms. The third-order valence-electron chi connectivity index (χ3n) is 3.58. The molecule has 2 nitrogen and oxygen atoms in total. The number of halogens is 2. The molecule has 1 aliphatic rings. The van der Waals surface area contributed by atoms with Crippen LogP contribution in [-0.4, -0.2) is 11.2 Å². The Morgan fingerprint density at radius 2 is 1.82 bits per heavy atom. The maximum absolute atomic E-state index is 10.3. The molecule has 4 heteroatoms. The second kappa shape index (κ2) is 5.83. The number of hydrogen-bond acceptors (Lipinski definition) is 2. The lowest BCUT2D eigenvalue weighted by molar-refractivity contribution is 0.0845. The summed E-state index contributed by atoms with van der Waals surface area (Å²) >= 11 is 6.89. The fraction of sp³-hybridized carbons (Fsp3) is 0.538. The van der Waals surface area contributed by atoms with Crippen LogP contribution in [0.4, 0.5) is 0 Å². The first-order valence-electron chi connectivity index (χ1n) is 5.98. The molecule has 0 aromatic heterocycles. The molecule has 0 amide bonds. The van der Waals surface area contributed by atoms with Gasteiger partial charge in [0.1, 0.15) is 0 Å². The zero-order chi connectivity index (χ0) is 12.4. The molecule has 0 bridgehead atoms. The molecule has 2 atom stereocenters. The van der Waals surface area contributed by atoms with Crippen LogP contribution in [0.1, 0.15) is 37.3 Å². The summed E-state index contributed by atoms with van der Waals surface area (Å²) in [7, 11) is 0. The molecule has 1 aromatic carbocycles. The van der Waals surface area contributed by atoms with Gasteiger partial charge in [0, 0.05) is 8.95 Å². The second-order valence-corrected chi connectivity index (χ2v) is 6.44. The Labute approximate surface area is 119 Å². The lowest BCUT2D eigenvalue weighted by Gasteiger charge is -2.24. The van der Waals surface area contributed by atoms with Crippen molar-refractivity contribution in [1.29, 1.82) is 0 Å². The van der Waals surface area contributed by atoms with Gasteiger partial charge in [0.05, 0.1) is 12.1 Å². The van der Waals surface area contributed by atoms with Crippen LogP contribution >= 0.6 is 31.9 Å². The van der Waals surface area contributed by atoms with Crippen LogP contribution in [0.5, 0.6) is 0 Å². The molecule has 3 N–H and O–H groups in total. The number of aliphatic hydroxyl groups is 1. The summed E-state index contributed by atoms with van der Waals surface area (Å²) in [6.45, 7) is 0. The molecule has 1 fully saturated rings. The van der Waals surface area contributed by atoms with Gasteiger partial charge in [-0.05, 0) is 68.3 Å². The van der Waals surface area contributed by atoms with Crippen LogP contribution in [0, 0.1) is 5.92 Å². The summed E-state index contributed by atoms with van der Waals surface area (Å²) < 4.78 is 1.98. The van der Waals surface area contributed by atoms with Crippen LogP contribution < -0.4 is 5.73 Å². The molecule has 17 heavy (non-hydrogen) atoms. The number of aliphatic hydroxyl groups excluding tert-OH is 1. The van der Waals surface area contributed by atoms with Gasteiger partial charge in [0.15, 0.2) is 0 Å². The standard InChI is InChI=1S/C13H17Br2NO/c14-10-6-5-9(7-11(10)15)12(16)13(17)8-3-1-2-4-8/h5-8,12-13,17H,1-4,16H2/t12-,13+/m1/s1. The molecule has 0 aliphatic heterocycles. The van der Waals surface area contributed by atoms with E-state index in [0.29, 0.717) is 5.92 Å². The van der Waals surface area contributed by atoms with Crippen LogP contribution in [0.2, 0.25) is 0 Å². The molecular formula is C13H17Br2NO. The zero-order valence-corrected chi connectivity index (χ0v) is 12.7. The van der Waals surface area contributed by atoms with Crippen LogP contribution in [0.3, 0.4) is 0 Å². The van der Waals surface area contributed by atoms with Crippen molar-refractivity contribution in [2.24, 2.45) is 11.7 Å². The lowest BCUT2D eigenvalue weighted by Crippen LogP contribution is -2.31. The van der Waals surface area contributed by atoms with Gasteiger partial charge in [-0.3, -0.25) is 0 Å². The maximum atomic E-state index is 10.3. The highest BCUT2D eigenvalue weighted by Gasteiger charge is 2.28. The van der Waals surface area contributed by atoms with Gasteiger partial charge in [0.25, 0.3) is 0 Å². The number of nitrogens with two attached hydrogens (primary N) is 1. The van der Waals surface area contributed by atoms with E-state index in [4.69, 9.17) is 5.73 Å². The second-order valence-electron chi connectivity index (χ2n) is 4.73. The Hall–Kier alpha value is 0.1000. The van der Waals surface area contributed by atoms with Crippen molar-refractivity contribution in [2.45, 2.75) is 37.8 Å². The van der Waals surface area contributed by atoms with Crippen molar-refractivity contribution >= 4 is 31.9 Å². The lowest BCUT2D eigenvalue weighted by atomic mass is 9.91. The normalized spacial score (nSPS) is 20.5. The van der Waals surface area contributed by atoms with E-state index in [9.17, 15) is 5.11 Å². The monoisotopic (exact) mass is 361 g/mol. The highest BCUT2D eigenvalue weighted by molar-refractivity contribution is 9.13. The fourth-order valence-electron chi connectivity index (χ4n) is 2.51. The predicted octanol–water partition coefficient (Wildman–Crippen LogP) is 3.76. The van der Waals surface area contributed by atoms with E-state index in [1.165, 1.54) is 12.8 Å². The molecule has 0 heterocycles. The quantitative estimate of drug-likeness (QED) is 0.859. The number of hydrogen-bond donors (Lipinski definition) is 2. The predicted molar refractivity (Wildman–Crippen MR) is 76.7 cm³/mol. The highest BCUT2D eigenvalue weighted by atomic mass is 79.9. The average Bonchev–Trinajstić information content (AvgIpc) is 2.84. The summed E-state index contributed by atoms with van der Waals surface area (Å²) in [6.07, 6.45) is 4.22. The molecule has 1 aliphatic carbocycles. The van der Waals surface area contributed by atoms with Crippen LogP contribution in [-0.2, 0) is 0 Å². The van der Waals surface area contributed by atoms with Crippen LogP contribution in [0.15, 0.2) is 27.1 Å². The molecule has 1 saturated carbocycles. The minimum atomic E-state index is -0.425. The van der Waals surface area contributed by atoms with Crippen LogP contribution in [0.25, 0.3) is 0 Å². The zero-order valence-electron chi connectivity index (χ0n) is 9.57. The Balaban J connectivity index is 2.12. The Morgan fingerprint density at radius 3 is 2.41 bits per heavy atom. The minimum Gasteiger partial charge on any atom is -0.391 e. The SMILES string of the molecule is N[C@H](c1ccc(Br)c(Br)c1)[C@@H](O)C1CCCC1. The van der Waals surface area contributed by atoms with E-state index in [1.54, 1.807) is 0 Å². The fourth-order valence-corrected chi connectivity index (χ4v) is 3.15. The Morgan fingerprint density at radius 1 is 1.18 bits per heavy atom. The van der Waals surface area contributed by atoms with E-state index in [1.807, 2.05) is 18.2 Å². The van der Waals surface area contributed by atoms with Crippen molar-refractivity contribution < 1.29 is 5.11 Å². The summed E-state index contributed by atoms with van der Waals surface area (Å²) in [5.74, 6) is 0.368. The molecule has 0 radical (unpaired) electrons. The van der Waals surface area contributed by atoms with Gasteiger partial charge in [0.2, 0.25) is 0 Å². The Bertz CT molecular complexity index is 391. The van der Waals surface area contributed by atoms with Gasteiger partial charge in [-0.25, -0.2) is 0 Å². The third-order valence-corrected chi connectivity index (χ3v) is 5.46. The first-order valence-corrected chi connectivity index (χ1v) is 7.57. The van der Waals surface area contributed by atoms with E-state index >= 15 is 0 Å². The van der Waals surface area contributed by atoms with Gasteiger partial charge < -0.3 is 10.8 Å². The van der Waals surface area contributed by atoms with Crippen molar-refractivity contribution in [3.8, 4) is 0 Å². The third kappa shape index (κ3) is 3.11. The minimum absolute atomic E-state index is 0.289. The van der Waals surface area contributed by atoms with E-state index in [-0.39, 0.29) is 6.04 Å². The van der Waals surface area contributed by atoms with Gasteiger partial charge in [-0.15, -0.1) is 0 Å². The molecule has 94 valence electrons. The molecule has 2 rings (SSSR count). The smallest absolute Gasteiger partial charge is 0.0760 e. The van der Waals surface area contributed by atoms with E-state index in [0.717, 1.165) is 27.4 Å². The number of benzene rings is 1. The number of rotatable bonds is 3. The largest absolute Gasteiger partial charge is 0.391 e. The topological polar surface area (TPSA) is 46.2 Å². The van der Waals surface area contributed by atoms with E-state index in [2.05, 4.69) is 31.9 Å². The van der Waals surface area contributed by atoms with Crippen molar-refractivity contribution in [1.82, 2.24) is 0 Å². The summed E-state index contributed by atoms with van der Waals surface area (Å²) in [5, 5.41) is 10.3. The van der Waals surface area contributed by atoms with Crippen molar-refractivity contribution in [2.75, 3.05) is 0 Å². The van der Waals surface area contributed by atoms with Crippen molar-refractivity contribution in [3.05, 3.63) is 32.7 Å². The Kier molecular flexibility index (Phi) is 4.64. The molecular weight excluding hydrogens is 346 g/mol. The van der Waals surface area contributed by atoms with Crippen molar-refractivity contribution in [3.63, 3.8) is 0 Å². The summed E-state index contributed by atoms with van der Waals surface area (Å²) in [4.78, 5) is 0. The molecule has 0 saturated heterocycles. The maximum Gasteiger partial charge on any atom is 0.0760 e.